The summed E-state index contributed by atoms with van der Waals surface area (Å²) in [5.41, 5.74) is 0.478. The highest BCUT2D eigenvalue weighted by atomic mass is 32.1. The number of benzene rings is 1. The number of carboxylic acid groups (broad SMARTS) is 2. The molecule has 0 bridgehead atoms. The van der Waals surface area contributed by atoms with Gasteiger partial charge in [-0.2, -0.15) is 0 Å². The lowest BCUT2D eigenvalue weighted by Crippen LogP contribution is -2.44. The number of rotatable bonds is 5. The Morgan fingerprint density at radius 3 is 2.55 bits per heavy atom. The van der Waals surface area contributed by atoms with Gasteiger partial charge in [0.05, 0.1) is 11.1 Å². The summed E-state index contributed by atoms with van der Waals surface area (Å²) in [6.07, 6.45) is 0.261. The van der Waals surface area contributed by atoms with Gasteiger partial charge in [-0.25, -0.2) is 9.59 Å². The fourth-order valence-electron chi connectivity index (χ4n) is 3.02. The van der Waals surface area contributed by atoms with Crippen molar-refractivity contribution in [3.63, 3.8) is 0 Å². The van der Waals surface area contributed by atoms with Crippen molar-refractivity contribution >= 4 is 40.1 Å². The molecule has 2 aromatic rings. The Balaban J connectivity index is 1.73. The van der Waals surface area contributed by atoms with Crippen molar-refractivity contribution in [1.82, 2.24) is 10.6 Å². The van der Waals surface area contributed by atoms with Crippen molar-refractivity contribution < 1.29 is 34.5 Å². The van der Waals surface area contributed by atoms with E-state index in [1.54, 1.807) is 12.1 Å². The number of amides is 2. The van der Waals surface area contributed by atoms with E-state index >= 15 is 0 Å². The minimum atomic E-state index is -1.71. The minimum absolute atomic E-state index is 0.0319. The van der Waals surface area contributed by atoms with Gasteiger partial charge >= 0.3 is 17.8 Å². The van der Waals surface area contributed by atoms with Gasteiger partial charge in [-0.3, -0.25) is 9.59 Å². The normalized spacial score (nSPS) is 15.2. The Hall–Kier alpha value is -3.44. The maximum absolute atomic E-state index is 12.2. The molecule has 0 fully saturated rings. The SMILES string of the molecule is O=C(O)C(=O)Nc1sc2c(c1C(=O)O)CC(CNC(=O)c1ccccc1O)NC2. The Labute approximate surface area is 168 Å². The Kier molecular flexibility index (Phi) is 5.80. The Morgan fingerprint density at radius 1 is 1.17 bits per heavy atom. The predicted octanol–water partition coefficient (Wildman–Crippen LogP) is 0.619. The first-order chi connectivity index (χ1) is 13.8. The maximum atomic E-state index is 12.2. The zero-order valence-electron chi connectivity index (χ0n) is 14.9. The molecule has 11 heteroatoms. The van der Waals surface area contributed by atoms with Crippen LogP contribution in [0.2, 0.25) is 0 Å². The van der Waals surface area contributed by atoms with Crippen molar-refractivity contribution in [3.8, 4) is 5.75 Å². The number of thiophene rings is 1. The Bertz CT molecular complexity index is 1000. The van der Waals surface area contributed by atoms with E-state index in [1.807, 2.05) is 0 Å². The molecular weight excluding hydrogens is 402 g/mol. The smallest absolute Gasteiger partial charge is 0.394 e. The number of aromatic hydroxyl groups is 1. The average Bonchev–Trinajstić information content (AvgIpc) is 3.03. The van der Waals surface area contributed by atoms with E-state index in [0.29, 0.717) is 17.0 Å². The first-order valence-electron chi connectivity index (χ1n) is 8.49. The van der Waals surface area contributed by atoms with Crippen LogP contribution < -0.4 is 16.0 Å². The molecule has 2 heterocycles. The molecule has 29 heavy (non-hydrogen) atoms. The van der Waals surface area contributed by atoms with Crippen LogP contribution in [-0.4, -0.2) is 51.7 Å². The number of fused-ring (bicyclic) bond motifs is 1. The molecule has 0 spiro atoms. The van der Waals surface area contributed by atoms with Gasteiger partial charge in [-0.05, 0) is 24.1 Å². The highest BCUT2D eigenvalue weighted by Gasteiger charge is 2.30. The molecule has 1 aromatic heterocycles. The molecule has 0 radical (unpaired) electrons. The number of phenolic OH excluding ortho intramolecular Hbond substituents is 1. The van der Waals surface area contributed by atoms with E-state index in [-0.39, 0.29) is 40.9 Å². The average molecular weight is 419 g/mol. The van der Waals surface area contributed by atoms with Crippen LogP contribution in [0.4, 0.5) is 5.00 Å². The molecule has 0 saturated heterocycles. The van der Waals surface area contributed by atoms with Crippen LogP contribution in [0.5, 0.6) is 5.75 Å². The molecule has 1 aliphatic rings. The molecule has 2 amide bonds. The first kappa shape index (κ1) is 20.3. The van der Waals surface area contributed by atoms with Crippen molar-refractivity contribution in [2.45, 2.75) is 19.0 Å². The van der Waals surface area contributed by atoms with Gasteiger partial charge in [0.15, 0.2) is 0 Å². The number of para-hydroxylation sites is 1. The standard InChI is InChI=1S/C18H17N3O7S/c22-11-4-2-1-3-9(11)14(23)20-6-8-5-10-12(7-19-8)29-16(13(10)17(25)26)21-15(24)18(27)28/h1-4,8,19,22H,5-7H2,(H,20,23)(H,21,24)(H,25,26)(H,27,28). The summed E-state index contributed by atoms with van der Waals surface area (Å²) in [5.74, 6) is -4.91. The summed E-state index contributed by atoms with van der Waals surface area (Å²) in [6.45, 7) is 0.485. The number of phenols is 1. The zero-order valence-corrected chi connectivity index (χ0v) is 15.7. The van der Waals surface area contributed by atoms with Crippen molar-refractivity contribution in [3.05, 3.63) is 45.8 Å². The monoisotopic (exact) mass is 419 g/mol. The van der Waals surface area contributed by atoms with E-state index in [1.165, 1.54) is 12.1 Å². The molecular formula is C18H17N3O7S. The van der Waals surface area contributed by atoms with E-state index in [9.17, 15) is 29.4 Å². The molecule has 152 valence electrons. The molecule has 6 N–H and O–H groups in total. The lowest BCUT2D eigenvalue weighted by Gasteiger charge is -2.24. The van der Waals surface area contributed by atoms with Gasteiger partial charge in [-0.15, -0.1) is 11.3 Å². The number of anilines is 1. The fourth-order valence-corrected chi connectivity index (χ4v) is 4.19. The third kappa shape index (κ3) is 4.36. The number of carbonyl (C=O) groups excluding carboxylic acids is 2. The summed E-state index contributed by atoms with van der Waals surface area (Å²) < 4.78 is 0. The largest absolute Gasteiger partial charge is 0.507 e. The number of hydrogen-bond acceptors (Lipinski definition) is 7. The minimum Gasteiger partial charge on any atom is -0.507 e. The molecule has 0 aliphatic carbocycles. The quantitative estimate of drug-likeness (QED) is 0.384. The maximum Gasteiger partial charge on any atom is 0.394 e. The second-order valence-electron chi connectivity index (χ2n) is 6.28. The summed E-state index contributed by atoms with van der Waals surface area (Å²) >= 11 is 1.00. The molecule has 10 nitrogen and oxygen atoms in total. The van der Waals surface area contributed by atoms with Crippen LogP contribution in [0.1, 0.15) is 31.2 Å². The van der Waals surface area contributed by atoms with Gasteiger partial charge in [0.1, 0.15) is 10.8 Å². The Morgan fingerprint density at radius 2 is 1.90 bits per heavy atom. The van der Waals surface area contributed by atoms with Crippen LogP contribution in [0, 0.1) is 0 Å². The van der Waals surface area contributed by atoms with Gasteiger partial charge in [0.25, 0.3) is 5.91 Å². The molecule has 0 saturated carbocycles. The summed E-state index contributed by atoms with van der Waals surface area (Å²) in [7, 11) is 0. The van der Waals surface area contributed by atoms with Crippen LogP contribution in [0.25, 0.3) is 0 Å². The van der Waals surface area contributed by atoms with Gasteiger partial charge < -0.3 is 31.3 Å². The number of nitrogens with one attached hydrogen (secondary N) is 3. The number of hydrogen-bond donors (Lipinski definition) is 6. The lowest BCUT2D eigenvalue weighted by atomic mass is 9.98. The summed E-state index contributed by atoms with van der Waals surface area (Å²) in [5, 5.41) is 35.9. The highest BCUT2D eigenvalue weighted by Crippen LogP contribution is 2.36. The predicted molar refractivity (Wildman–Crippen MR) is 102 cm³/mol. The van der Waals surface area contributed by atoms with E-state index in [0.717, 1.165) is 11.3 Å². The zero-order chi connectivity index (χ0) is 21.1. The number of carbonyl (C=O) groups is 4. The number of aromatic carboxylic acids is 1. The molecule has 1 aromatic carbocycles. The van der Waals surface area contributed by atoms with Crippen LogP contribution in [0.15, 0.2) is 24.3 Å². The second-order valence-corrected chi connectivity index (χ2v) is 7.39. The van der Waals surface area contributed by atoms with Crippen LogP contribution in [-0.2, 0) is 22.6 Å². The highest BCUT2D eigenvalue weighted by molar-refractivity contribution is 7.17. The van der Waals surface area contributed by atoms with Crippen LogP contribution >= 0.6 is 11.3 Å². The summed E-state index contributed by atoms with van der Waals surface area (Å²) in [4.78, 5) is 46.8. The van der Waals surface area contributed by atoms with Gasteiger partial charge in [-0.1, -0.05) is 12.1 Å². The molecule has 1 aliphatic heterocycles. The topological polar surface area (TPSA) is 165 Å². The molecule has 3 rings (SSSR count). The van der Waals surface area contributed by atoms with Crippen molar-refractivity contribution in [2.24, 2.45) is 0 Å². The van der Waals surface area contributed by atoms with E-state index in [2.05, 4.69) is 16.0 Å². The fraction of sp³-hybridized carbons (Fsp3) is 0.222. The van der Waals surface area contributed by atoms with Gasteiger partial charge in [0.2, 0.25) is 0 Å². The van der Waals surface area contributed by atoms with E-state index in [4.69, 9.17) is 5.11 Å². The lowest BCUT2D eigenvalue weighted by molar-refractivity contribution is -0.147. The molecule has 1 atom stereocenters. The number of carboxylic acids is 2. The third-order valence-corrected chi connectivity index (χ3v) is 5.53. The molecule has 1 unspecified atom stereocenters. The van der Waals surface area contributed by atoms with E-state index < -0.39 is 23.8 Å². The second kappa shape index (κ2) is 8.29. The van der Waals surface area contributed by atoms with Gasteiger partial charge in [0, 0.05) is 24.0 Å². The number of aliphatic carboxylic acids is 1. The summed E-state index contributed by atoms with van der Waals surface area (Å²) in [6, 6.07) is 5.82. The van der Waals surface area contributed by atoms with Crippen molar-refractivity contribution in [2.75, 3.05) is 11.9 Å². The first-order valence-corrected chi connectivity index (χ1v) is 9.31. The third-order valence-electron chi connectivity index (χ3n) is 4.39. The van der Waals surface area contributed by atoms with Crippen LogP contribution in [0.3, 0.4) is 0 Å². The van der Waals surface area contributed by atoms with Crippen molar-refractivity contribution in [1.29, 1.82) is 0 Å².